The van der Waals surface area contributed by atoms with Gasteiger partial charge >= 0.3 is 0 Å². The molecule has 174 valence electrons. The molecule has 0 aliphatic heterocycles. The molecule has 0 radical (unpaired) electrons. The zero-order valence-electron chi connectivity index (χ0n) is 20.8. The largest absolute Gasteiger partial charge is 0.0654 e. The third kappa shape index (κ3) is 16.0. The summed E-state index contributed by atoms with van der Waals surface area (Å²) in [4.78, 5) is 0. The average molecular weight is 415 g/mol. The molecule has 0 heteroatoms. The maximum atomic E-state index is 2.37. The van der Waals surface area contributed by atoms with Gasteiger partial charge in [-0.1, -0.05) is 166 Å². The maximum absolute atomic E-state index is 2.37. The van der Waals surface area contributed by atoms with Gasteiger partial charge in [0.1, 0.15) is 0 Å². The topological polar surface area (TPSA) is 0 Å². The second-order valence-corrected chi connectivity index (χ2v) is 9.70. The van der Waals surface area contributed by atoms with E-state index in [0.717, 1.165) is 5.92 Å². The highest BCUT2D eigenvalue weighted by atomic mass is 14.2. The summed E-state index contributed by atoms with van der Waals surface area (Å²) in [5.74, 6) is 0.796. The van der Waals surface area contributed by atoms with Crippen molar-refractivity contribution in [3.05, 3.63) is 35.9 Å². The molecule has 0 N–H and O–H groups in total. The lowest BCUT2D eigenvalue weighted by Crippen LogP contribution is -1.99. The number of rotatable bonds is 22. The summed E-state index contributed by atoms with van der Waals surface area (Å²) in [6.07, 6.45) is 30.1. The van der Waals surface area contributed by atoms with Gasteiger partial charge in [0.15, 0.2) is 0 Å². The van der Waals surface area contributed by atoms with Crippen molar-refractivity contribution in [3.8, 4) is 0 Å². The lowest BCUT2D eigenvalue weighted by Gasteiger charge is -2.17. The molecular weight excluding hydrogens is 360 g/mol. The van der Waals surface area contributed by atoms with Crippen LogP contribution < -0.4 is 0 Å². The summed E-state index contributed by atoms with van der Waals surface area (Å²) >= 11 is 0. The van der Waals surface area contributed by atoms with E-state index in [4.69, 9.17) is 0 Å². The highest BCUT2D eigenvalue weighted by molar-refractivity contribution is 5.19. The van der Waals surface area contributed by atoms with E-state index in [-0.39, 0.29) is 0 Å². The van der Waals surface area contributed by atoms with Crippen LogP contribution >= 0.6 is 0 Å². The SMILES string of the molecule is CCCCCCCCCCCCC(CCCCCCCCCCC)c1ccccc1. The quantitative estimate of drug-likeness (QED) is 0.165. The van der Waals surface area contributed by atoms with Crippen molar-refractivity contribution in [2.24, 2.45) is 0 Å². The van der Waals surface area contributed by atoms with E-state index < -0.39 is 0 Å². The molecule has 30 heavy (non-hydrogen) atoms. The van der Waals surface area contributed by atoms with Crippen LogP contribution in [-0.2, 0) is 0 Å². The van der Waals surface area contributed by atoms with E-state index in [1.54, 1.807) is 5.56 Å². The standard InChI is InChI=1S/C30H54/c1-3-5-7-9-11-13-15-17-19-22-26-29(30-27-23-20-24-28-30)25-21-18-16-14-12-10-8-6-4-2/h20,23-24,27-29H,3-19,21-22,25-26H2,1-2H3. The summed E-state index contributed by atoms with van der Waals surface area (Å²) in [6.45, 7) is 4.61. The van der Waals surface area contributed by atoms with Crippen molar-refractivity contribution in [3.63, 3.8) is 0 Å². The Labute approximate surface area is 190 Å². The van der Waals surface area contributed by atoms with Crippen molar-refractivity contribution < 1.29 is 0 Å². The fourth-order valence-corrected chi connectivity index (χ4v) is 4.78. The molecule has 0 aliphatic rings. The highest BCUT2D eigenvalue weighted by Crippen LogP contribution is 2.28. The first kappa shape index (κ1) is 27.3. The first-order valence-corrected chi connectivity index (χ1v) is 13.9. The summed E-state index contributed by atoms with van der Waals surface area (Å²) in [5.41, 5.74) is 1.59. The van der Waals surface area contributed by atoms with E-state index >= 15 is 0 Å². The van der Waals surface area contributed by atoms with Gasteiger partial charge in [0.25, 0.3) is 0 Å². The Morgan fingerprint density at radius 1 is 0.433 bits per heavy atom. The van der Waals surface area contributed by atoms with Crippen LogP contribution in [0.15, 0.2) is 30.3 Å². The monoisotopic (exact) mass is 414 g/mol. The van der Waals surface area contributed by atoms with E-state index in [0.29, 0.717) is 0 Å². The van der Waals surface area contributed by atoms with Crippen molar-refractivity contribution in [1.29, 1.82) is 0 Å². The van der Waals surface area contributed by atoms with Crippen LogP contribution in [0.25, 0.3) is 0 Å². The second-order valence-electron chi connectivity index (χ2n) is 9.70. The van der Waals surface area contributed by atoms with Crippen LogP contribution in [0, 0.1) is 0 Å². The minimum absolute atomic E-state index is 0.796. The molecule has 0 saturated carbocycles. The third-order valence-electron chi connectivity index (χ3n) is 6.83. The molecule has 1 unspecified atom stereocenters. The Kier molecular flexibility index (Phi) is 19.5. The molecule has 0 aliphatic carbocycles. The molecule has 0 heterocycles. The van der Waals surface area contributed by atoms with E-state index in [1.165, 1.54) is 135 Å². The lowest BCUT2D eigenvalue weighted by atomic mass is 9.88. The van der Waals surface area contributed by atoms with Gasteiger partial charge in [-0.15, -0.1) is 0 Å². The van der Waals surface area contributed by atoms with Gasteiger partial charge in [-0.05, 0) is 24.3 Å². The van der Waals surface area contributed by atoms with Gasteiger partial charge in [0, 0.05) is 0 Å². The van der Waals surface area contributed by atoms with Crippen LogP contribution in [0.4, 0.5) is 0 Å². The first-order valence-electron chi connectivity index (χ1n) is 13.9. The number of benzene rings is 1. The van der Waals surface area contributed by atoms with Crippen LogP contribution in [0.3, 0.4) is 0 Å². The summed E-state index contributed by atoms with van der Waals surface area (Å²) in [7, 11) is 0. The lowest BCUT2D eigenvalue weighted by molar-refractivity contribution is 0.481. The van der Waals surface area contributed by atoms with Crippen LogP contribution in [0.2, 0.25) is 0 Å². The van der Waals surface area contributed by atoms with Gasteiger partial charge in [0.05, 0.1) is 0 Å². The number of unbranched alkanes of at least 4 members (excludes halogenated alkanes) is 17. The van der Waals surface area contributed by atoms with E-state index in [1.807, 2.05) is 0 Å². The normalized spacial score (nSPS) is 12.3. The van der Waals surface area contributed by atoms with Crippen molar-refractivity contribution >= 4 is 0 Å². The first-order chi connectivity index (χ1) is 14.9. The molecule has 0 nitrogen and oxygen atoms in total. The second kappa shape index (κ2) is 21.5. The molecular formula is C30H54. The highest BCUT2D eigenvalue weighted by Gasteiger charge is 2.10. The van der Waals surface area contributed by atoms with Crippen LogP contribution in [0.5, 0.6) is 0 Å². The fourth-order valence-electron chi connectivity index (χ4n) is 4.78. The Bertz CT molecular complexity index is 435. The summed E-state index contributed by atoms with van der Waals surface area (Å²) in [5, 5.41) is 0. The smallest absolute Gasteiger partial charge is 0.0162 e. The van der Waals surface area contributed by atoms with E-state index in [9.17, 15) is 0 Å². The fraction of sp³-hybridized carbons (Fsp3) is 0.800. The minimum atomic E-state index is 0.796. The van der Waals surface area contributed by atoms with Crippen LogP contribution in [0.1, 0.15) is 160 Å². The summed E-state index contributed by atoms with van der Waals surface area (Å²) < 4.78 is 0. The van der Waals surface area contributed by atoms with E-state index in [2.05, 4.69) is 44.2 Å². The van der Waals surface area contributed by atoms with Crippen molar-refractivity contribution in [2.45, 2.75) is 155 Å². The molecule has 0 aromatic heterocycles. The van der Waals surface area contributed by atoms with Gasteiger partial charge in [-0.25, -0.2) is 0 Å². The minimum Gasteiger partial charge on any atom is -0.0654 e. The van der Waals surface area contributed by atoms with Gasteiger partial charge in [0.2, 0.25) is 0 Å². The Hall–Kier alpha value is -0.780. The Morgan fingerprint density at radius 2 is 0.767 bits per heavy atom. The van der Waals surface area contributed by atoms with Gasteiger partial charge in [-0.2, -0.15) is 0 Å². The van der Waals surface area contributed by atoms with Crippen LogP contribution in [-0.4, -0.2) is 0 Å². The Balaban J connectivity index is 2.11. The Morgan fingerprint density at radius 3 is 1.13 bits per heavy atom. The maximum Gasteiger partial charge on any atom is -0.0162 e. The predicted octanol–water partition coefficient (Wildman–Crippen LogP) is 11.0. The number of hydrogen-bond acceptors (Lipinski definition) is 0. The molecule has 0 fully saturated rings. The summed E-state index contributed by atoms with van der Waals surface area (Å²) in [6, 6.07) is 11.4. The molecule has 0 bridgehead atoms. The molecule has 0 saturated heterocycles. The third-order valence-corrected chi connectivity index (χ3v) is 6.83. The molecule has 1 aromatic carbocycles. The average Bonchev–Trinajstić information content (AvgIpc) is 2.78. The molecule has 1 rings (SSSR count). The van der Waals surface area contributed by atoms with Crippen molar-refractivity contribution in [1.82, 2.24) is 0 Å². The molecule has 0 spiro atoms. The zero-order valence-corrected chi connectivity index (χ0v) is 20.8. The van der Waals surface area contributed by atoms with Crippen molar-refractivity contribution in [2.75, 3.05) is 0 Å². The molecule has 0 amide bonds. The van der Waals surface area contributed by atoms with Gasteiger partial charge < -0.3 is 0 Å². The predicted molar refractivity (Wildman–Crippen MR) is 137 cm³/mol. The number of hydrogen-bond donors (Lipinski definition) is 0. The zero-order chi connectivity index (χ0) is 21.5. The molecule has 1 aromatic rings. The van der Waals surface area contributed by atoms with Gasteiger partial charge in [-0.3, -0.25) is 0 Å². The molecule has 1 atom stereocenters.